The molecule has 0 aromatic carbocycles. The minimum Gasteiger partial charge on any atom is -0.396 e. The molecule has 1 aromatic rings. The highest BCUT2D eigenvalue weighted by Crippen LogP contribution is 2.33. The number of hydrogen-bond donors (Lipinski definition) is 1. The van der Waals surface area contributed by atoms with Crippen molar-refractivity contribution in [3.05, 3.63) is 23.9 Å². The summed E-state index contributed by atoms with van der Waals surface area (Å²) in [5, 5.41) is 7.42. The van der Waals surface area contributed by atoms with Crippen LogP contribution < -0.4 is 5.32 Å². The molecule has 1 N–H and O–H groups in total. The second-order valence-corrected chi connectivity index (χ2v) is 5.16. The molecular formula is C13H17N3OS. The fourth-order valence-corrected chi connectivity index (χ4v) is 1.96. The summed E-state index contributed by atoms with van der Waals surface area (Å²) >= 11 is 5.39. The first-order valence-corrected chi connectivity index (χ1v) is 6.45. The first-order chi connectivity index (χ1) is 8.57. The number of rotatable bonds is 3. The van der Waals surface area contributed by atoms with Gasteiger partial charge in [-0.1, -0.05) is 24.3 Å². The maximum atomic E-state index is 5.39. The quantitative estimate of drug-likeness (QED) is 0.517. The fraction of sp³-hybridized carbons (Fsp3) is 0.462. The first kappa shape index (κ1) is 13.0. The standard InChI is InChI=1S/C13H17N3OS/c1-4-8-17-16-10-9-6-5-7-14-11(9)15-12(18)13(10,2)3/h5-7H,4,8H2,1-3H3,(H,14,15,18). The number of hydrogen-bond acceptors (Lipinski definition) is 4. The molecule has 0 atom stereocenters. The van der Waals surface area contributed by atoms with Crippen molar-refractivity contribution in [2.24, 2.45) is 10.6 Å². The lowest BCUT2D eigenvalue weighted by atomic mass is 9.81. The van der Waals surface area contributed by atoms with Crippen molar-refractivity contribution in [3.8, 4) is 0 Å². The third-order valence-corrected chi connectivity index (χ3v) is 3.52. The van der Waals surface area contributed by atoms with Gasteiger partial charge in [0.15, 0.2) is 0 Å². The molecule has 0 unspecified atom stereocenters. The average molecular weight is 263 g/mol. The van der Waals surface area contributed by atoms with Crippen molar-refractivity contribution in [3.63, 3.8) is 0 Å². The van der Waals surface area contributed by atoms with Gasteiger partial charge in [0.2, 0.25) is 0 Å². The molecule has 18 heavy (non-hydrogen) atoms. The Morgan fingerprint density at radius 3 is 3.00 bits per heavy atom. The van der Waals surface area contributed by atoms with Crippen LogP contribution in [0.3, 0.4) is 0 Å². The molecule has 5 heteroatoms. The van der Waals surface area contributed by atoms with E-state index in [9.17, 15) is 0 Å². The minimum absolute atomic E-state index is 0.348. The Morgan fingerprint density at radius 2 is 2.28 bits per heavy atom. The summed E-state index contributed by atoms with van der Waals surface area (Å²) in [6.45, 7) is 6.72. The van der Waals surface area contributed by atoms with Crippen LogP contribution in [-0.4, -0.2) is 22.3 Å². The number of nitrogens with zero attached hydrogens (tertiary/aromatic N) is 2. The van der Waals surface area contributed by atoms with Crippen LogP contribution in [0.4, 0.5) is 5.82 Å². The fourth-order valence-electron chi connectivity index (χ4n) is 1.77. The molecule has 1 aromatic heterocycles. The second-order valence-electron chi connectivity index (χ2n) is 4.75. The summed E-state index contributed by atoms with van der Waals surface area (Å²) in [5.41, 5.74) is 1.44. The molecule has 0 bridgehead atoms. The maximum Gasteiger partial charge on any atom is 0.140 e. The SMILES string of the molecule is CCCON=C1c2cccnc2NC(=S)C1(C)C. The van der Waals surface area contributed by atoms with Gasteiger partial charge in [-0.05, 0) is 32.4 Å². The van der Waals surface area contributed by atoms with Gasteiger partial charge in [0.05, 0.1) is 10.4 Å². The Bertz CT molecular complexity index is 497. The summed E-state index contributed by atoms with van der Waals surface area (Å²) in [6.07, 6.45) is 2.66. The van der Waals surface area contributed by atoms with Gasteiger partial charge in [-0.25, -0.2) is 4.98 Å². The predicted octanol–water partition coefficient (Wildman–Crippen LogP) is 2.99. The first-order valence-electron chi connectivity index (χ1n) is 6.04. The largest absolute Gasteiger partial charge is 0.396 e. The number of oxime groups is 1. The lowest BCUT2D eigenvalue weighted by Gasteiger charge is -2.33. The van der Waals surface area contributed by atoms with E-state index >= 15 is 0 Å². The van der Waals surface area contributed by atoms with Gasteiger partial charge in [-0.15, -0.1) is 0 Å². The molecule has 1 aliphatic heterocycles. The van der Waals surface area contributed by atoms with Gasteiger partial charge in [-0.2, -0.15) is 0 Å². The van der Waals surface area contributed by atoms with E-state index in [-0.39, 0.29) is 5.41 Å². The molecule has 1 aliphatic rings. The van der Waals surface area contributed by atoms with Crippen molar-refractivity contribution in [1.82, 2.24) is 4.98 Å². The molecule has 2 rings (SSSR count). The second kappa shape index (κ2) is 5.02. The van der Waals surface area contributed by atoms with E-state index in [1.165, 1.54) is 0 Å². The van der Waals surface area contributed by atoms with Crippen molar-refractivity contribution in [2.45, 2.75) is 27.2 Å². The molecule has 0 saturated carbocycles. The van der Waals surface area contributed by atoms with Crippen molar-refractivity contribution < 1.29 is 4.84 Å². The van der Waals surface area contributed by atoms with E-state index < -0.39 is 0 Å². The van der Waals surface area contributed by atoms with Gasteiger partial charge >= 0.3 is 0 Å². The number of fused-ring (bicyclic) bond motifs is 1. The van der Waals surface area contributed by atoms with Gasteiger partial charge in [0.25, 0.3) is 0 Å². The van der Waals surface area contributed by atoms with Crippen LogP contribution in [0.15, 0.2) is 23.5 Å². The van der Waals surface area contributed by atoms with E-state index in [0.717, 1.165) is 23.5 Å². The van der Waals surface area contributed by atoms with E-state index in [4.69, 9.17) is 17.1 Å². The molecule has 0 radical (unpaired) electrons. The Labute approximate surface area is 112 Å². The summed E-state index contributed by atoms with van der Waals surface area (Å²) in [6, 6.07) is 3.87. The topological polar surface area (TPSA) is 46.5 Å². The van der Waals surface area contributed by atoms with Crippen molar-refractivity contribution in [2.75, 3.05) is 11.9 Å². The van der Waals surface area contributed by atoms with Crippen LogP contribution in [0.25, 0.3) is 0 Å². The number of thiocarbonyl (C=S) groups is 1. The van der Waals surface area contributed by atoms with E-state index in [0.29, 0.717) is 11.6 Å². The molecule has 96 valence electrons. The molecule has 0 aliphatic carbocycles. The summed E-state index contributed by atoms with van der Waals surface area (Å²) in [4.78, 5) is 10.3. The van der Waals surface area contributed by atoms with Crippen LogP contribution >= 0.6 is 12.2 Å². The summed E-state index contributed by atoms with van der Waals surface area (Å²) < 4.78 is 0. The lowest BCUT2D eigenvalue weighted by molar-refractivity contribution is 0.143. The van der Waals surface area contributed by atoms with E-state index in [2.05, 4.69) is 15.5 Å². The zero-order chi connectivity index (χ0) is 13.2. The number of pyridine rings is 1. The monoisotopic (exact) mass is 263 g/mol. The van der Waals surface area contributed by atoms with Crippen LogP contribution in [0.1, 0.15) is 32.8 Å². The molecule has 0 amide bonds. The maximum absolute atomic E-state index is 5.39. The smallest absolute Gasteiger partial charge is 0.140 e. The highest BCUT2D eigenvalue weighted by molar-refractivity contribution is 7.80. The minimum atomic E-state index is -0.348. The molecule has 0 spiro atoms. The van der Waals surface area contributed by atoms with Gasteiger partial charge in [0, 0.05) is 11.8 Å². The Kier molecular flexibility index (Phi) is 3.61. The van der Waals surface area contributed by atoms with Crippen LogP contribution in [0.5, 0.6) is 0 Å². The summed E-state index contributed by atoms with van der Waals surface area (Å²) in [7, 11) is 0. The highest BCUT2D eigenvalue weighted by Gasteiger charge is 2.38. The van der Waals surface area contributed by atoms with E-state index in [1.807, 2.05) is 32.9 Å². The predicted molar refractivity (Wildman–Crippen MR) is 77.0 cm³/mol. The molecule has 0 fully saturated rings. The molecular weight excluding hydrogens is 246 g/mol. The van der Waals surface area contributed by atoms with E-state index in [1.54, 1.807) is 6.20 Å². The Balaban J connectivity index is 2.45. The number of anilines is 1. The molecule has 2 heterocycles. The Morgan fingerprint density at radius 1 is 1.50 bits per heavy atom. The van der Waals surface area contributed by atoms with Crippen molar-refractivity contribution >= 4 is 28.7 Å². The van der Waals surface area contributed by atoms with Crippen molar-refractivity contribution in [1.29, 1.82) is 0 Å². The normalized spacial score (nSPS) is 19.3. The molecule has 0 saturated heterocycles. The third-order valence-electron chi connectivity index (χ3n) is 2.91. The third kappa shape index (κ3) is 2.22. The highest BCUT2D eigenvalue weighted by atomic mass is 32.1. The zero-order valence-corrected chi connectivity index (χ0v) is 11.7. The van der Waals surface area contributed by atoms with Gasteiger partial charge in [-0.3, -0.25) is 0 Å². The molecule has 4 nitrogen and oxygen atoms in total. The zero-order valence-electron chi connectivity index (χ0n) is 10.9. The average Bonchev–Trinajstić information content (AvgIpc) is 2.34. The van der Waals surface area contributed by atoms with Crippen LogP contribution in [0.2, 0.25) is 0 Å². The summed E-state index contributed by atoms with van der Waals surface area (Å²) in [5.74, 6) is 0.751. The number of aromatic nitrogens is 1. The van der Waals surface area contributed by atoms with Crippen LogP contribution in [0, 0.1) is 5.41 Å². The van der Waals surface area contributed by atoms with Gasteiger partial charge < -0.3 is 10.2 Å². The number of nitrogens with one attached hydrogen (secondary N) is 1. The Hall–Kier alpha value is -1.49. The lowest BCUT2D eigenvalue weighted by Crippen LogP contribution is -2.42. The van der Waals surface area contributed by atoms with Crippen LogP contribution in [-0.2, 0) is 4.84 Å². The van der Waals surface area contributed by atoms with Gasteiger partial charge in [0.1, 0.15) is 18.1 Å².